The molecule has 0 aliphatic carbocycles. The molecule has 1 amide bonds. The van der Waals surface area contributed by atoms with Crippen molar-refractivity contribution in [1.82, 2.24) is 4.90 Å². The number of carbonyl (C=O) groups is 1. The Bertz CT molecular complexity index is 607. The fourth-order valence-electron chi connectivity index (χ4n) is 2.75. The van der Waals surface area contributed by atoms with Crippen LogP contribution in [0.4, 0.5) is 5.69 Å². The predicted octanol–water partition coefficient (Wildman–Crippen LogP) is 3.39. The van der Waals surface area contributed by atoms with E-state index in [1.165, 1.54) is 6.42 Å². The lowest BCUT2D eigenvalue weighted by Crippen LogP contribution is -2.26. The molecule has 1 N–H and O–H groups in total. The third-order valence-corrected chi connectivity index (χ3v) is 4.05. The van der Waals surface area contributed by atoms with Crippen molar-refractivity contribution in [2.45, 2.75) is 39.5 Å². The standard InChI is InChI=1S/C18H23N3O/c1-3-15-9-7-8-14(2)17(15)20-18(22)16(12-19)13-21-10-5-4-6-11-21/h7-9,13H,3-6,10-11H2,1-2H3,(H,20,22)/b16-13-. The van der Waals surface area contributed by atoms with Crippen molar-refractivity contribution in [2.75, 3.05) is 18.4 Å². The fraction of sp³-hybridized carbons (Fsp3) is 0.444. The van der Waals surface area contributed by atoms with E-state index in [1.807, 2.05) is 31.2 Å². The minimum atomic E-state index is -0.322. The number of hydrogen-bond donors (Lipinski definition) is 1. The van der Waals surface area contributed by atoms with Gasteiger partial charge in [0, 0.05) is 25.0 Å². The molecule has 4 heteroatoms. The summed E-state index contributed by atoms with van der Waals surface area (Å²) in [6.45, 7) is 5.86. The lowest BCUT2D eigenvalue weighted by molar-refractivity contribution is -0.112. The van der Waals surface area contributed by atoms with E-state index in [4.69, 9.17) is 0 Å². The van der Waals surface area contributed by atoms with Crippen LogP contribution in [-0.4, -0.2) is 23.9 Å². The summed E-state index contributed by atoms with van der Waals surface area (Å²) in [6, 6.07) is 7.99. The summed E-state index contributed by atoms with van der Waals surface area (Å²) in [5, 5.41) is 12.2. The van der Waals surface area contributed by atoms with Gasteiger partial charge in [-0.15, -0.1) is 0 Å². The number of carbonyl (C=O) groups excluding carboxylic acids is 1. The maximum atomic E-state index is 12.4. The van der Waals surface area contributed by atoms with Crippen LogP contribution in [0.3, 0.4) is 0 Å². The number of para-hydroxylation sites is 1. The van der Waals surface area contributed by atoms with Gasteiger partial charge in [0.05, 0.1) is 0 Å². The van der Waals surface area contributed by atoms with E-state index in [9.17, 15) is 10.1 Å². The Labute approximate surface area is 132 Å². The second-order valence-corrected chi connectivity index (χ2v) is 5.67. The predicted molar refractivity (Wildman–Crippen MR) is 88.3 cm³/mol. The van der Waals surface area contributed by atoms with E-state index < -0.39 is 0 Å². The number of anilines is 1. The smallest absolute Gasteiger partial charge is 0.267 e. The van der Waals surface area contributed by atoms with Gasteiger partial charge in [0.1, 0.15) is 11.6 Å². The van der Waals surface area contributed by atoms with Crippen LogP contribution in [0.2, 0.25) is 0 Å². The number of hydrogen-bond acceptors (Lipinski definition) is 3. The Morgan fingerprint density at radius 1 is 1.36 bits per heavy atom. The molecule has 0 unspecified atom stereocenters. The Balaban J connectivity index is 2.16. The van der Waals surface area contributed by atoms with Crippen LogP contribution in [0.1, 0.15) is 37.3 Å². The van der Waals surface area contributed by atoms with Gasteiger partial charge < -0.3 is 10.2 Å². The highest BCUT2D eigenvalue weighted by Gasteiger charge is 2.15. The van der Waals surface area contributed by atoms with Gasteiger partial charge in [-0.25, -0.2) is 0 Å². The number of amides is 1. The van der Waals surface area contributed by atoms with Crippen molar-refractivity contribution < 1.29 is 4.79 Å². The van der Waals surface area contributed by atoms with E-state index >= 15 is 0 Å². The molecule has 0 atom stereocenters. The van der Waals surface area contributed by atoms with Gasteiger partial charge in [-0.1, -0.05) is 25.1 Å². The molecule has 22 heavy (non-hydrogen) atoms. The van der Waals surface area contributed by atoms with E-state index in [0.29, 0.717) is 0 Å². The van der Waals surface area contributed by atoms with Crippen LogP contribution in [-0.2, 0) is 11.2 Å². The van der Waals surface area contributed by atoms with Gasteiger partial charge in [0.2, 0.25) is 0 Å². The van der Waals surface area contributed by atoms with Crippen LogP contribution in [0.15, 0.2) is 30.0 Å². The number of aryl methyl sites for hydroxylation is 2. The quantitative estimate of drug-likeness (QED) is 0.684. The summed E-state index contributed by atoms with van der Waals surface area (Å²) in [6.07, 6.45) is 6.01. The maximum Gasteiger partial charge on any atom is 0.267 e. The van der Waals surface area contributed by atoms with Crippen molar-refractivity contribution >= 4 is 11.6 Å². The molecule has 1 aromatic rings. The molecule has 0 saturated carbocycles. The van der Waals surface area contributed by atoms with Crippen molar-refractivity contribution in [3.8, 4) is 6.07 Å². The number of nitriles is 1. The third-order valence-electron chi connectivity index (χ3n) is 4.05. The van der Waals surface area contributed by atoms with Gasteiger partial charge in [-0.2, -0.15) is 5.26 Å². The van der Waals surface area contributed by atoms with Gasteiger partial charge in [0.15, 0.2) is 0 Å². The zero-order valence-corrected chi connectivity index (χ0v) is 13.4. The second-order valence-electron chi connectivity index (χ2n) is 5.67. The molecule has 0 radical (unpaired) electrons. The Kier molecular flexibility index (Phi) is 5.60. The second kappa shape index (κ2) is 7.65. The van der Waals surface area contributed by atoms with Crippen LogP contribution in [0.25, 0.3) is 0 Å². The molecule has 0 spiro atoms. The van der Waals surface area contributed by atoms with Crippen molar-refractivity contribution in [3.63, 3.8) is 0 Å². The molecule has 0 bridgehead atoms. The van der Waals surface area contributed by atoms with Crippen LogP contribution < -0.4 is 5.32 Å². The molecule has 1 aliphatic rings. The van der Waals surface area contributed by atoms with Crippen LogP contribution in [0, 0.1) is 18.3 Å². The number of rotatable bonds is 4. The van der Waals surface area contributed by atoms with Gasteiger partial charge >= 0.3 is 0 Å². The Morgan fingerprint density at radius 2 is 2.09 bits per heavy atom. The number of benzene rings is 1. The molecule has 1 fully saturated rings. The zero-order chi connectivity index (χ0) is 15.9. The molecular weight excluding hydrogens is 274 g/mol. The zero-order valence-electron chi connectivity index (χ0n) is 13.4. The minimum Gasteiger partial charge on any atom is -0.376 e. The summed E-state index contributed by atoms with van der Waals surface area (Å²) < 4.78 is 0. The molecule has 2 rings (SSSR count). The Morgan fingerprint density at radius 3 is 2.73 bits per heavy atom. The average Bonchev–Trinajstić information content (AvgIpc) is 2.55. The third kappa shape index (κ3) is 3.88. The fourth-order valence-corrected chi connectivity index (χ4v) is 2.75. The van der Waals surface area contributed by atoms with Gasteiger partial charge in [-0.05, 0) is 43.7 Å². The highest BCUT2D eigenvalue weighted by molar-refractivity contribution is 6.07. The first-order chi connectivity index (χ1) is 10.7. The SMILES string of the molecule is CCc1cccc(C)c1NC(=O)/C(C#N)=C\N1CCCCC1. The highest BCUT2D eigenvalue weighted by atomic mass is 16.1. The number of likely N-dealkylation sites (tertiary alicyclic amines) is 1. The summed E-state index contributed by atoms with van der Waals surface area (Å²) in [4.78, 5) is 14.5. The van der Waals surface area contributed by atoms with Crippen LogP contribution >= 0.6 is 0 Å². The van der Waals surface area contributed by atoms with Crippen LogP contribution in [0.5, 0.6) is 0 Å². The molecule has 4 nitrogen and oxygen atoms in total. The molecule has 1 aliphatic heterocycles. The van der Waals surface area contributed by atoms with Crippen molar-refractivity contribution in [3.05, 3.63) is 41.1 Å². The summed E-state index contributed by atoms with van der Waals surface area (Å²) >= 11 is 0. The van der Waals surface area contributed by atoms with E-state index in [-0.39, 0.29) is 11.5 Å². The van der Waals surface area contributed by atoms with E-state index in [2.05, 4.69) is 17.1 Å². The first-order valence-electron chi connectivity index (χ1n) is 7.91. The highest BCUT2D eigenvalue weighted by Crippen LogP contribution is 2.22. The van der Waals surface area contributed by atoms with Crippen molar-refractivity contribution in [1.29, 1.82) is 5.26 Å². The molecule has 1 heterocycles. The summed E-state index contributed by atoms with van der Waals surface area (Å²) in [5.41, 5.74) is 3.11. The molecular formula is C18H23N3O. The molecule has 1 saturated heterocycles. The largest absolute Gasteiger partial charge is 0.376 e. The average molecular weight is 297 g/mol. The number of nitrogens with zero attached hydrogens (tertiary/aromatic N) is 2. The number of piperidine rings is 1. The molecule has 116 valence electrons. The lowest BCUT2D eigenvalue weighted by atomic mass is 10.1. The number of nitrogens with one attached hydrogen (secondary N) is 1. The van der Waals surface area contributed by atoms with E-state index in [1.54, 1.807) is 6.20 Å². The molecule has 1 aromatic carbocycles. The monoisotopic (exact) mass is 297 g/mol. The lowest BCUT2D eigenvalue weighted by Gasteiger charge is -2.25. The minimum absolute atomic E-state index is 0.173. The Hall–Kier alpha value is -2.28. The normalized spacial score (nSPS) is 15.3. The summed E-state index contributed by atoms with van der Waals surface area (Å²) in [7, 11) is 0. The van der Waals surface area contributed by atoms with Gasteiger partial charge in [-0.3, -0.25) is 4.79 Å². The first kappa shape index (κ1) is 16.1. The van der Waals surface area contributed by atoms with Crippen molar-refractivity contribution in [2.24, 2.45) is 0 Å². The summed E-state index contributed by atoms with van der Waals surface area (Å²) in [5.74, 6) is -0.322. The van der Waals surface area contributed by atoms with Gasteiger partial charge in [0.25, 0.3) is 5.91 Å². The molecule has 0 aromatic heterocycles. The first-order valence-corrected chi connectivity index (χ1v) is 7.91. The topological polar surface area (TPSA) is 56.1 Å². The maximum absolute atomic E-state index is 12.4. The van der Waals surface area contributed by atoms with E-state index in [0.717, 1.165) is 49.2 Å².